The first-order valence-corrected chi connectivity index (χ1v) is 8.29. The van der Waals surface area contributed by atoms with Gasteiger partial charge in [0.05, 0.1) is 7.11 Å². The van der Waals surface area contributed by atoms with Crippen LogP contribution in [0.2, 0.25) is 0 Å². The average molecular weight is 326 g/mol. The topological polar surface area (TPSA) is 58.5 Å². The molecule has 1 aromatic carbocycles. The molecule has 24 heavy (non-hydrogen) atoms. The lowest BCUT2D eigenvalue weighted by Crippen LogP contribution is -2.38. The van der Waals surface area contributed by atoms with Gasteiger partial charge in [-0.1, -0.05) is 18.2 Å². The van der Waals surface area contributed by atoms with E-state index in [1.54, 1.807) is 14.2 Å². The van der Waals surface area contributed by atoms with Gasteiger partial charge < -0.3 is 15.4 Å². The van der Waals surface area contributed by atoms with Crippen LogP contribution in [0, 0.1) is 0 Å². The molecule has 0 aliphatic rings. The lowest BCUT2D eigenvalue weighted by Gasteiger charge is -2.11. The van der Waals surface area contributed by atoms with Crippen LogP contribution in [0.5, 0.6) is 5.75 Å². The average Bonchev–Trinajstić information content (AvgIpc) is 2.65. The van der Waals surface area contributed by atoms with Crippen LogP contribution in [0.1, 0.15) is 17.7 Å². The molecule has 2 aromatic rings. The molecule has 0 saturated heterocycles. The van der Waals surface area contributed by atoms with Gasteiger partial charge in [-0.2, -0.15) is 0 Å². The molecule has 1 aromatic heterocycles. The minimum Gasteiger partial charge on any atom is -0.497 e. The molecule has 0 unspecified atom stereocenters. The second-order valence-electron chi connectivity index (χ2n) is 5.45. The van der Waals surface area contributed by atoms with Gasteiger partial charge in [0.1, 0.15) is 5.75 Å². The number of aromatic nitrogens is 1. The summed E-state index contributed by atoms with van der Waals surface area (Å²) in [4.78, 5) is 8.56. The van der Waals surface area contributed by atoms with Gasteiger partial charge in [-0.25, -0.2) is 0 Å². The van der Waals surface area contributed by atoms with Crippen LogP contribution >= 0.6 is 0 Å². The van der Waals surface area contributed by atoms with E-state index in [0.29, 0.717) is 0 Å². The summed E-state index contributed by atoms with van der Waals surface area (Å²) in [6.45, 7) is 1.70. The molecule has 1 heterocycles. The van der Waals surface area contributed by atoms with Crippen molar-refractivity contribution in [3.05, 3.63) is 59.9 Å². The van der Waals surface area contributed by atoms with Crippen molar-refractivity contribution in [1.82, 2.24) is 15.6 Å². The maximum absolute atomic E-state index is 5.17. The summed E-state index contributed by atoms with van der Waals surface area (Å²) in [6, 6.07) is 14.2. The number of nitrogens with zero attached hydrogens (tertiary/aromatic N) is 2. The standard InChI is InChI=1S/C19H26N4O/c1-20-19(23-15-12-17-7-3-4-13-21-17)22-14-5-6-16-8-10-18(24-2)11-9-16/h3-4,7-11,13H,5-6,12,14-15H2,1-2H3,(H2,20,22,23). The second-order valence-corrected chi connectivity index (χ2v) is 5.45. The highest BCUT2D eigenvalue weighted by molar-refractivity contribution is 5.79. The van der Waals surface area contributed by atoms with Gasteiger partial charge in [-0.15, -0.1) is 0 Å². The van der Waals surface area contributed by atoms with E-state index >= 15 is 0 Å². The van der Waals surface area contributed by atoms with Crippen molar-refractivity contribution in [3.8, 4) is 5.75 Å². The van der Waals surface area contributed by atoms with Crippen molar-refractivity contribution < 1.29 is 4.74 Å². The van der Waals surface area contributed by atoms with Crippen LogP contribution in [-0.2, 0) is 12.8 Å². The Balaban J connectivity index is 1.62. The normalized spacial score (nSPS) is 11.2. The summed E-state index contributed by atoms with van der Waals surface area (Å²) in [5.74, 6) is 1.73. The number of benzene rings is 1. The van der Waals surface area contributed by atoms with Crippen LogP contribution in [0.3, 0.4) is 0 Å². The zero-order valence-electron chi connectivity index (χ0n) is 14.5. The Bertz CT molecular complexity index is 611. The van der Waals surface area contributed by atoms with Crippen molar-refractivity contribution >= 4 is 5.96 Å². The zero-order valence-corrected chi connectivity index (χ0v) is 14.5. The smallest absolute Gasteiger partial charge is 0.190 e. The summed E-state index contributed by atoms with van der Waals surface area (Å²) < 4.78 is 5.17. The molecular formula is C19H26N4O. The van der Waals surface area contributed by atoms with Crippen LogP contribution in [-0.4, -0.2) is 38.2 Å². The number of aryl methyl sites for hydroxylation is 1. The summed E-state index contributed by atoms with van der Waals surface area (Å²) >= 11 is 0. The molecule has 5 nitrogen and oxygen atoms in total. The third-order valence-electron chi connectivity index (χ3n) is 3.72. The molecule has 0 fully saturated rings. The summed E-state index contributed by atoms with van der Waals surface area (Å²) in [6.07, 6.45) is 4.78. The van der Waals surface area contributed by atoms with E-state index in [2.05, 4.69) is 32.7 Å². The van der Waals surface area contributed by atoms with E-state index in [1.165, 1.54) is 5.56 Å². The summed E-state index contributed by atoms with van der Waals surface area (Å²) in [7, 11) is 3.48. The Morgan fingerprint density at radius 3 is 2.50 bits per heavy atom. The van der Waals surface area contributed by atoms with Gasteiger partial charge in [0.25, 0.3) is 0 Å². The number of pyridine rings is 1. The number of hydrogen-bond acceptors (Lipinski definition) is 3. The van der Waals surface area contributed by atoms with E-state index in [9.17, 15) is 0 Å². The van der Waals surface area contributed by atoms with Gasteiger partial charge in [0.15, 0.2) is 5.96 Å². The fourth-order valence-electron chi connectivity index (χ4n) is 2.37. The van der Waals surface area contributed by atoms with Crippen molar-refractivity contribution in [1.29, 1.82) is 0 Å². The van der Waals surface area contributed by atoms with Crippen LogP contribution < -0.4 is 15.4 Å². The predicted octanol–water partition coefficient (Wildman–Crippen LogP) is 2.43. The molecule has 2 N–H and O–H groups in total. The third kappa shape index (κ3) is 6.28. The van der Waals surface area contributed by atoms with Gasteiger partial charge in [0, 0.05) is 38.4 Å². The molecular weight excluding hydrogens is 300 g/mol. The molecule has 0 saturated carbocycles. The van der Waals surface area contributed by atoms with E-state index in [1.807, 2.05) is 36.5 Å². The van der Waals surface area contributed by atoms with E-state index in [4.69, 9.17) is 4.74 Å². The lowest BCUT2D eigenvalue weighted by molar-refractivity contribution is 0.414. The number of aliphatic imine (C=N–C) groups is 1. The Kier molecular flexibility index (Phi) is 7.60. The van der Waals surface area contributed by atoms with Crippen LogP contribution in [0.15, 0.2) is 53.7 Å². The van der Waals surface area contributed by atoms with Crippen molar-refractivity contribution in [2.75, 3.05) is 27.2 Å². The number of guanidine groups is 1. The molecule has 0 radical (unpaired) electrons. The molecule has 0 aliphatic carbocycles. The molecule has 0 atom stereocenters. The highest BCUT2D eigenvalue weighted by atomic mass is 16.5. The maximum atomic E-state index is 5.17. The largest absolute Gasteiger partial charge is 0.497 e. The fraction of sp³-hybridized carbons (Fsp3) is 0.368. The first-order chi connectivity index (χ1) is 11.8. The molecule has 128 valence electrons. The first-order valence-electron chi connectivity index (χ1n) is 8.29. The first kappa shape index (κ1) is 17.8. The lowest BCUT2D eigenvalue weighted by atomic mass is 10.1. The van der Waals surface area contributed by atoms with Gasteiger partial charge in [0.2, 0.25) is 0 Å². The van der Waals surface area contributed by atoms with Crippen molar-refractivity contribution in [2.45, 2.75) is 19.3 Å². The molecule has 0 bridgehead atoms. The van der Waals surface area contributed by atoms with Gasteiger partial charge in [-0.3, -0.25) is 9.98 Å². The second kappa shape index (κ2) is 10.3. The van der Waals surface area contributed by atoms with Crippen molar-refractivity contribution in [2.24, 2.45) is 4.99 Å². The number of nitrogens with one attached hydrogen (secondary N) is 2. The minimum absolute atomic E-state index is 0.815. The van der Waals surface area contributed by atoms with E-state index in [-0.39, 0.29) is 0 Å². The van der Waals surface area contributed by atoms with E-state index in [0.717, 1.165) is 49.8 Å². The Hall–Kier alpha value is -2.56. The quantitative estimate of drug-likeness (QED) is 0.444. The molecule has 5 heteroatoms. The molecule has 0 spiro atoms. The van der Waals surface area contributed by atoms with E-state index < -0.39 is 0 Å². The highest BCUT2D eigenvalue weighted by Crippen LogP contribution is 2.12. The van der Waals surface area contributed by atoms with Gasteiger partial charge in [-0.05, 0) is 42.7 Å². The summed E-state index contributed by atoms with van der Waals surface area (Å²) in [5.41, 5.74) is 2.40. The minimum atomic E-state index is 0.815. The van der Waals surface area contributed by atoms with Crippen LogP contribution in [0.4, 0.5) is 0 Å². The van der Waals surface area contributed by atoms with Crippen LogP contribution in [0.25, 0.3) is 0 Å². The van der Waals surface area contributed by atoms with Gasteiger partial charge >= 0.3 is 0 Å². The predicted molar refractivity (Wildman–Crippen MR) is 98.6 cm³/mol. The Labute approximate surface area is 144 Å². The van der Waals surface area contributed by atoms with Crippen molar-refractivity contribution in [3.63, 3.8) is 0 Å². The highest BCUT2D eigenvalue weighted by Gasteiger charge is 1.99. The zero-order chi connectivity index (χ0) is 17.0. The Morgan fingerprint density at radius 1 is 1.04 bits per heavy atom. The number of hydrogen-bond donors (Lipinski definition) is 2. The monoisotopic (exact) mass is 326 g/mol. The maximum Gasteiger partial charge on any atom is 0.190 e. The third-order valence-corrected chi connectivity index (χ3v) is 3.72. The number of ether oxygens (including phenoxy) is 1. The SMILES string of the molecule is CN=C(NCCCc1ccc(OC)cc1)NCCc1ccccn1. The Morgan fingerprint density at radius 2 is 1.83 bits per heavy atom. The fourth-order valence-corrected chi connectivity index (χ4v) is 2.37. The molecule has 2 rings (SSSR count). The molecule has 0 amide bonds. The molecule has 0 aliphatic heterocycles. The number of methoxy groups -OCH3 is 1. The summed E-state index contributed by atoms with van der Waals surface area (Å²) in [5, 5.41) is 6.66. The number of rotatable bonds is 8.